The lowest BCUT2D eigenvalue weighted by atomic mass is 10.4. The van der Waals surface area contributed by atoms with Crippen LogP contribution in [0.5, 0.6) is 0 Å². The first-order valence-corrected chi connectivity index (χ1v) is 4.16. The first-order valence-electron chi connectivity index (χ1n) is 4.16. The summed E-state index contributed by atoms with van der Waals surface area (Å²) in [5.74, 6) is -3.24. The van der Waals surface area contributed by atoms with Gasteiger partial charge in [-0.05, 0) is 13.0 Å². The molecule has 0 aromatic carbocycles. The van der Waals surface area contributed by atoms with E-state index in [9.17, 15) is 18.0 Å². The highest BCUT2D eigenvalue weighted by Crippen LogP contribution is 2.13. The van der Waals surface area contributed by atoms with Crippen LogP contribution in [0.15, 0.2) is 6.07 Å². The first kappa shape index (κ1) is 14.9. The zero-order chi connectivity index (χ0) is 13.8. The number of hydrogen-bond acceptors (Lipinski definition) is 3. The molecule has 0 saturated carbocycles. The van der Waals surface area contributed by atoms with Crippen molar-refractivity contribution in [3.63, 3.8) is 0 Å². The monoisotopic (exact) mass is 253 g/mol. The van der Waals surface area contributed by atoms with Gasteiger partial charge in [-0.3, -0.25) is 9.48 Å². The molecule has 9 heteroatoms. The molecule has 0 radical (unpaired) electrons. The molecule has 96 valence electrons. The van der Waals surface area contributed by atoms with Crippen molar-refractivity contribution < 1.29 is 27.9 Å². The van der Waals surface area contributed by atoms with Gasteiger partial charge in [-0.2, -0.15) is 18.3 Å². The van der Waals surface area contributed by atoms with Gasteiger partial charge in [0.15, 0.2) is 0 Å². The molecule has 1 rings (SSSR count). The van der Waals surface area contributed by atoms with Crippen LogP contribution in [0.3, 0.4) is 0 Å². The molecular weight excluding hydrogens is 243 g/mol. The number of carboxylic acids is 1. The number of nitrogens with two attached hydrogens (primary N) is 1. The summed E-state index contributed by atoms with van der Waals surface area (Å²) in [7, 11) is 1.77. The number of halogens is 3. The standard InChI is InChI=1S/C6H9N3O.C2HF3O2/c1-4-3-5(6(7)10)8-9(4)2;3-2(4,5)1(6)7/h3H,1-2H3,(H2,7,10);(H,6,7). The molecule has 1 amide bonds. The Kier molecular flexibility index (Phi) is 4.68. The molecule has 3 N–H and O–H groups in total. The van der Waals surface area contributed by atoms with E-state index in [2.05, 4.69) is 5.10 Å². The number of carbonyl (C=O) groups excluding carboxylic acids is 1. The van der Waals surface area contributed by atoms with Gasteiger partial charge >= 0.3 is 12.1 Å². The largest absolute Gasteiger partial charge is 0.490 e. The summed E-state index contributed by atoms with van der Waals surface area (Å²) in [6.07, 6.45) is -5.08. The van der Waals surface area contributed by atoms with Gasteiger partial charge in [0.05, 0.1) is 0 Å². The Morgan fingerprint density at radius 2 is 1.88 bits per heavy atom. The number of rotatable bonds is 1. The predicted octanol–water partition coefficient (Wildman–Crippen LogP) is 0.461. The Bertz CT molecular complexity index is 406. The van der Waals surface area contributed by atoms with Crippen LogP contribution >= 0.6 is 0 Å². The van der Waals surface area contributed by atoms with Crippen molar-refractivity contribution >= 4 is 11.9 Å². The molecule has 17 heavy (non-hydrogen) atoms. The molecule has 0 saturated heterocycles. The third-order valence-corrected chi connectivity index (χ3v) is 1.61. The van der Waals surface area contributed by atoms with E-state index in [4.69, 9.17) is 15.6 Å². The first-order chi connectivity index (χ1) is 7.55. The van der Waals surface area contributed by atoms with E-state index >= 15 is 0 Å². The Balaban J connectivity index is 0.000000325. The maximum atomic E-state index is 10.6. The summed E-state index contributed by atoms with van der Waals surface area (Å²) >= 11 is 0. The molecule has 0 atom stereocenters. The average Bonchev–Trinajstić information content (AvgIpc) is 2.46. The minimum atomic E-state index is -5.08. The molecular formula is C8H10F3N3O3. The smallest absolute Gasteiger partial charge is 0.475 e. The molecule has 0 bridgehead atoms. The second-order valence-electron chi connectivity index (χ2n) is 2.96. The van der Waals surface area contributed by atoms with Crippen molar-refractivity contribution in [2.24, 2.45) is 12.8 Å². The highest BCUT2D eigenvalue weighted by molar-refractivity contribution is 5.90. The fourth-order valence-corrected chi connectivity index (χ4v) is 0.681. The molecule has 0 aliphatic carbocycles. The Labute approximate surface area is 93.8 Å². The summed E-state index contributed by atoms with van der Waals surface area (Å²) in [5.41, 5.74) is 6.23. The van der Waals surface area contributed by atoms with Gasteiger partial charge in [0.25, 0.3) is 5.91 Å². The van der Waals surface area contributed by atoms with Crippen LogP contribution in [0.1, 0.15) is 16.2 Å². The lowest BCUT2D eigenvalue weighted by Gasteiger charge is -1.93. The van der Waals surface area contributed by atoms with Crippen molar-refractivity contribution in [3.05, 3.63) is 17.5 Å². The summed E-state index contributed by atoms with van der Waals surface area (Å²) < 4.78 is 33.3. The SMILES string of the molecule is Cc1cc(C(N)=O)nn1C.O=C(O)C(F)(F)F. The van der Waals surface area contributed by atoms with E-state index in [-0.39, 0.29) is 0 Å². The lowest BCUT2D eigenvalue weighted by molar-refractivity contribution is -0.192. The highest BCUT2D eigenvalue weighted by Gasteiger charge is 2.38. The predicted molar refractivity (Wildman–Crippen MR) is 50.2 cm³/mol. The summed E-state index contributed by atoms with van der Waals surface area (Å²) in [4.78, 5) is 19.4. The van der Waals surface area contributed by atoms with Crippen LogP contribution in [-0.2, 0) is 11.8 Å². The molecule has 1 heterocycles. The van der Waals surface area contributed by atoms with Gasteiger partial charge in [0.1, 0.15) is 5.69 Å². The van der Waals surface area contributed by atoms with Gasteiger partial charge in [-0.25, -0.2) is 4.79 Å². The van der Waals surface area contributed by atoms with E-state index in [1.807, 2.05) is 6.92 Å². The minimum Gasteiger partial charge on any atom is -0.475 e. The maximum absolute atomic E-state index is 10.6. The second-order valence-corrected chi connectivity index (χ2v) is 2.96. The molecule has 1 aromatic rings. The third kappa shape index (κ3) is 5.00. The number of aromatic nitrogens is 2. The molecule has 6 nitrogen and oxygen atoms in total. The van der Waals surface area contributed by atoms with E-state index in [0.717, 1.165) is 5.69 Å². The van der Waals surface area contributed by atoms with Crippen molar-refractivity contribution in [2.75, 3.05) is 0 Å². The highest BCUT2D eigenvalue weighted by atomic mass is 19.4. The van der Waals surface area contributed by atoms with Crippen LogP contribution in [0, 0.1) is 6.92 Å². The number of carbonyl (C=O) groups is 2. The van der Waals surface area contributed by atoms with E-state index < -0.39 is 18.1 Å². The summed E-state index contributed by atoms with van der Waals surface area (Å²) in [5, 5.41) is 11.0. The van der Waals surface area contributed by atoms with Crippen LogP contribution in [0.2, 0.25) is 0 Å². The number of carboxylic acid groups (broad SMARTS) is 1. The van der Waals surface area contributed by atoms with Gasteiger partial charge in [-0.15, -0.1) is 0 Å². The number of aliphatic carboxylic acids is 1. The Hall–Kier alpha value is -2.06. The molecule has 0 aliphatic rings. The van der Waals surface area contributed by atoms with Crippen molar-refractivity contribution in [2.45, 2.75) is 13.1 Å². The van der Waals surface area contributed by atoms with Crippen molar-refractivity contribution in [1.82, 2.24) is 9.78 Å². The number of aryl methyl sites for hydroxylation is 2. The van der Waals surface area contributed by atoms with Crippen LogP contribution in [0.25, 0.3) is 0 Å². The van der Waals surface area contributed by atoms with Gasteiger partial charge in [0, 0.05) is 12.7 Å². The summed E-state index contributed by atoms with van der Waals surface area (Å²) in [6, 6.07) is 1.66. The van der Waals surface area contributed by atoms with Crippen molar-refractivity contribution in [1.29, 1.82) is 0 Å². The third-order valence-electron chi connectivity index (χ3n) is 1.61. The number of hydrogen-bond donors (Lipinski definition) is 2. The van der Waals surface area contributed by atoms with Gasteiger partial charge < -0.3 is 10.8 Å². The fraction of sp³-hybridized carbons (Fsp3) is 0.375. The Morgan fingerprint density at radius 1 is 1.47 bits per heavy atom. The molecule has 0 unspecified atom stereocenters. The van der Waals surface area contributed by atoms with Gasteiger partial charge in [-0.1, -0.05) is 0 Å². The van der Waals surface area contributed by atoms with E-state index in [1.165, 1.54) is 0 Å². The number of primary amides is 1. The number of alkyl halides is 3. The van der Waals surface area contributed by atoms with Gasteiger partial charge in [0.2, 0.25) is 0 Å². The number of amides is 1. The van der Waals surface area contributed by atoms with Crippen LogP contribution < -0.4 is 5.73 Å². The summed E-state index contributed by atoms with van der Waals surface area (Å²) in [6.45, 7) is 1.86. The second kappa shape index (κ2) is 5.32. The van der Waals surface area contributed by atoms with Crippen LogP contribution in [0.4, 0.5) is 13.2 Å². The maximum Gasteiger partial charge on any atom is 0.490 e. The normalized spacial score (nSPS) is 10.4. The minimum absolute atomic E-state index is 0.319. The van der Waals surface area contributed by atoms with Crippen LogP contribution in [-0.4, -0.2) is 32.9 Å². The topological polar surface area (TPSA) is 98.2 Å². The Morgan fingerprint density at radius 3 is 2.00 bits per heavy atom. The molecule has 0 spiro atoms. The zero-order valence-electron chi connectivity index (χ0n) is 8.95. The number of nitrogens with zero attached hydrogens (tertiary/aromatic N) is 2. The fourth-order valence-electron chi connectivity index (χ4n) is 0.681. The molecule has 1 aromatic heterocycles. The lowest BCUT2D eigenvalue weighted by Crippen LogP contribution is -2.21. The van der Waals surface area contributed by atoms with E-state index in [1.54, 1.807) is 17.8 Å². The zero-order valence-corrected chi connectivity index (χ0v) is 8.95. The van der Waals surface area contributed by atoms with Crippen molar-refractivity contribution in [3.8, 4) is 0 Å². The van der Waals surface area contributed by atoms with E-state index in [0.29, 0.717) is 5.69 Å². The molecule has 0 fully saturated rings. The quantitative estimate of drug-likeness (QED) is 0.759. The average molecular weight is 253 g/mol. The molecule has 0 aliphatic heterocycles.